The molecule has 24 heavy (non-hydrogen) atoms. The Morgan fingerprint density at radius 3 is 2.88 bits per heavy atom. The standard InChI is InChI=1S/C17H14FNO4S/c1-21-14-7-6-11(8-12(14)18)9-22-16(20)10-24-17-19-13-4-2-3-5-15(13)23-17/h2-8H,9-10H2,1H3. The summed E-state index contributed by atoms with van der Waals surface area (Å²) in [6, 6.07) is 11.8. The minimum atomic E-state index is -0.494. The topological polar surface area (TPSA) is 61.6 Å². The quantitative estimate of drug-likeness (QED) is 0.499. The zero-order valence-electron chi connectivity index (χ0n) is 12.8. The number of hydrogen-bond acceptors (Lipinski definition) is 6. The largest absolute Gasteiger partial charge is 0.494 e. The third-order valence-corrected chi connectivity index (χ3v) is 4.01. The smallest absolute Gasteiger partial charge is 0.316 e. The highest BCUT2D eigenvalue weighted by atomic mass is 32.2. The van der Waals surface area contributed by atoms with Gasteiger partial charge in [-0.15, -0.1) is 0 Å². The maximum atomic E-state index is 13.6. The number of para-hydroxylation sites is 2. The maximum Gasteiger partial charge on any atom is 0.316 e. The molecule has 0 amide bonds. The van der Waals surface area contributed by atoms with Gasteiger partial charge < -0.3 is 13.9 Å². The lowest BCUT2D eigenvalue weighted by atomic mass is 10.2. The second-order valence-electron chi connectivity index (χ2n) is 4.87. The molecule has 3 rings (SSSR count). The Hall–Kier alpha value is -2.54. The summed E-state index contributed by atoms with van der Waals surface area (Å²) in [5.74, 6) is -0.715. The number of halogens is 1. The lowest BCUT2D eigenvalue weighted by Crippen LogP contribution is -2.07. The fourth-order valence-electron chi connectivity index (χ4n) is 2.04. The summed E-state index contributed by atoms with van der Waals surface area (Å²) in [5.41, 5.74) is 1.96. The molecule has 124 valence electrons. The van der Waals surface area contributed by atoms with Crippen molar-refractivity contribution in [1.29, 1.82) is 0 Å². The van der Waals surface area contributed by atoms with E-state index in [1.165, 1.54) is 19.2 Å². The molecule has 7 heteroatoms. The SMILES string of the molecule is COc1ccc(COC(=O)CSc2nc3ccccc3o2)cc1F. The molecule has 0 saturated heterocycles. The number of nitrogens with zero attached hydrogens (tertiary/aromatic N) is 1. The zero-order chi connectivity index (χ0) is 16.9. The first-order chi connectivity index (χ1) is 11.7. The second-order valence-corrected chi connectivity index (χ2v) is 5.79. The van der Waals surface area contributed by atoms with Crippen molar-refractivity contribution in [2.45, 2.75) is 11.8 Å². The Kier molecular flexibility index (Phi) is 5.00. The molecule has 0 atom stereocenters. The molecular weight excluding hydrogens is 333 g/mol. The molecule has 0 N–H and O–H groups in total. The van der Waals surface area contributed by atoms with E-state index in [4.69, 9.17) is 13.9 Å². The molecule has 2 aromatic carbocycles. The van der Waals surface area contributed by atoms with Gasteiger partial charge in [-0.1, -0.05) is 30.0 Å². The van der Waals surface area contributed by atoms with Crippen LogP contribution in [0, 0.1) is 5.82 Å². The number of oxazole rings is 1. The molecule has 0 fully saturated rings. The molecule has 0 unspecified atom stereocenters. The van der Waals surface area contributed by atoms with Gasteiger partial charge in [-0.3, -0.25) is 4.79 Å². The maximum absolute atomic E-state index is 13.6. The van der Waals surface area contributed by atoms with Crippen molar-refractivity contribution in [2.24, 2.45) is 0 Å². The van der Waals surface area contributed by atoms with Crippen molar-refractivity contribution in [2.75, 3.05) is 12.9 Å². The van der Waals surface area contributed by atoms with Gasteiger partial charge in [0.05, 0.1) is 7.11 Å². The summed E-state index contributed by atoms with van der Waals surface area (Å²) in [4.78, 5) is 16.0. The van der Waals surface area contributed by atoms with E-state index in [0.29, 0.717) is 16.4 Å². The van der Waals surface area contributed by atoms with Gasteiger partial charge >= 0.3 is 5.97 Å². The Labute approximate surface area is 141 Å². The number of benzene rings is 2. The van der Waals surface area contributed by atoms with E-state index in [9.17, 15) is 9.18 Å². The molecule has 0 aliphatic carbocycles. The van der Waals surface area contributed by atoms with Crippen LogP contribution in [0.25, 0.3) is 11.1 Å². The monoisotopic (exact) mass is 347 g/mol. The van der Waals surface area contributed by atoms with E-state index in [1.54, 1.807) is 6.07 Å². The van der Waals surface area contributed by atoms with Crippen molar-refractivity contribution < 1.29 is 23.1 Å². The average Bonchev–Trinajstić information content (AvgIpc) is 3.01. The van der Waals surface area contributed by atoms with Crippen LogP contribution in [0.5, 0.6) is 5.75 Å². The predicted molar refractivity (Wildman–Crippen MR) is 87.5 cm³/mol. The van der Waals surface area contributed by atoms with Crippen molar-refractivity contribution in [3.05, 3.63) is 53.8 Å². The van der Waals surface area contributed by atoms with Gasteiger partial charge in [-0.2, -0.15) is 0 Å². The summed E-state index contributed by atoms with van der Waals surface area (Å²) < 4.78 is 29.0. The number of rotatable bonds is 6. The highest BCUT2D eigenvalue weighted by Gasteiger charge is 2.11. The van der Waals surface area contributed by atoms with Crippen LogP contribution in [0.4, 0.5) is 4.39 Å². The van der Waals surface area contributed by atoms with Gasteiger partial charge in [-0.25, -0.2) is 9.37 Å². The molecule has 0 aliphatic heterocycles. The van der Waals surface area contributed by atoms with Gasteiger partial charge in [-0.05, 0) is 29.8 Å². The van der Waals surface area contributed by atoms with Crippen LogP contribution in [0.2, 0.25) is 0 Å². The number of carbonyl (C=O) groups is 1. The zero-order valence-corrected chi connectivity index (χ0v) is 13.6. The summed E-state index contributed by atoms with van der Waals surface area (Å²) in [6.45, 7) is -0.00608. The number of aromatic nitrogens is 1. The Morgan fingerprint density at radius 1 is 1.29 bits per heavy atom. The van der Waals surface area contributed by atoms with Crippen LogP contribution in [-0.4, -0.2) is 23.8 Å². The minimum absolute atomic E-state index is 0.00608. The van der Waals surface area contributed by atoms with Crippen molar-refractivity contribution in [1.82, 2.24) is 4.98 Å². The molecule has 5 nitrogen and oxygen atoms in total. The third-order valence-electron chi connectivity index (χ3n) is 3.20. The van der Waals surface area contributed by atoms with Crippen LogP contribution in [0.1, 0.15) is 5.56 Å². The van der Waals surface area contributed by atoms with Crippen LogP contribution < -0.4 is 4.74 Å². The number of ether oxygens (including phenoxy) is 2. The van der Waals surface area contributed by atoms with Crippen molar-refractivity contribution in [3.8, 4) is 5.75 Å². The molecule has 0 radical (unpaired) electrons. The Morgan fingerprint density at radius 2 is 2.12 bits per heavy atom. The van der Waals surface area contributed by atoms with Crippen LogP contribution in [0.15, 0.2) is 52.1 Å². The minimum Gasteiger partial charge on any atom is -0.494 e. The Bertz CT molecular complexity index is 832. The highest BCUT2D eigenvalue weighted by Crippen LogP contribution is 2.23. The first kappa shape index (κ1) is 16.3. The van der Waals surface area contributed by atoms with Gasteiger partial charge in [0.15, 0.2) is 17.1 Å². The molecule has 0 saturated carbocycles. The molecule has 1 aromatic heterocycles. The number of hydrogen-bond donors (Lipinski definition) is 0. The van der Waals surface area contributed by atoms with Crippen molar-refractivity contribution >= 4 is 28.8 Å². The number of fused-ring (bicyclic) bond motifs is 1. The third kappa shape index (κ3) is 3.86. The number of carbonyl (C=O) groups excluding carboxylic acids is 1. The fraction of sp³-hybridized carbons (Fsp3) is 0.176. The number of esters is 1. The van der Waals surface area contributed by atoms with E-state index < -0.39 is 11.8 Å². The van der Waals surface area contributed by atoms with Crippen LogP contribution >= 0.6 is 11.8 Å². The van der Waals surface area contributed by atoms with E-state index in [1.807, 2.05) is 24.3 Å². The molecular formula is C17H14FNO4S. The van der Waals surface area contributed by atoms with Gasteiger partial charge in [0.25, 0.3) is 5.22 Å². The first-order valence-electron chi connectivity index (χ1n) is 7.12. The van der Waals surface area contributed by atoms with Crippen molar-refractivity contribution in [3.63, 3.8) is 0 Å². The van der Waals surface area contributed by atoms with E-state index in [0.717, 1.165) is 17.3 Å². The van der Waals surface area contributed by atoms with Gasteiger partial charge in [0, 0.05) is 0 Å². The average molecular weight is 347 g/mol. The van der Waals surface area contributed by atoms with E-state index >= 15 is 0 Å². The fourth-order valence-corrected chi connectivity index (χ4v) is 2.67. The van der Waals surface area contributed by atoms with Crippen LogP contribution in [-0.2, 0) is 16.1 Å². The Balaban J connectivity index is 1.51. The first-order valence-corrected chi connectivity index (χ1v) is 8.10. The van der Waals surface area contributed by atoms with E-state index in [2.05, 4.69) is 4.98 Å². The summed E-state index contributed by atoms with van der Waals surface area (Å²) in [6.07, 6.45) is 0. The lowest BCUT2D eigenvalue weighted by Gasteiger charge is -2.06. The highest BCUT2D eigenvalue weighted by molar-refractivity contribution is 7.99. The number of thioether (sulfide) groups is 1. The van der Waals surface area contributed by atoms with Gasteiger partial charge in [0.1, 0.15) is 17.9 Å². The molecule has 0 bridgehead atoms. The molecule has 0 aliphatic rings. The number of methoxy groups -OCH3 is 1. The summed E-state index contributed by atoms with van der Waals surface area (Å²) >= 11 is 1.15. The molecule has 0 spiro atoms. The summed E-state index contributed by atoms with van der Waals surface area (Å²) in [7, 11) is 1.39. The molecule has 1 heterocycles. The van der Waals surface area contributed by atoms with E-state index in [-0.39, 0.29) is 18.1 Å². The molecule has 3 aromatic rings. The predicted octanol–water partition coefficient (Wildman–Crippen LogP) is 3.81. The summed E-state index contributed by atoms with van der Waals surface area (Å²) in [5, 5.41) is 0.406. The second kappa shape index (κ2) is 7.35. The van der Waals surface area contributed by atoms with Gasteiger partial charge in [0.2, 0.25) is 0 Å². The normalized spacial score (nSPS) is 10.8. The lowest BCUT2D eigenvalue weighted by molar-refractivity contribution is -0.141. The van der Waals surface area contributed by atoms with Crippen LogP contribution in [0.3, 0.4) is 0 Å².